The van der Waals surface area contributed by atoms with Crippen molar-refractivity contribution in [2.75, 3.05) is 18.1 Å². The SMILES string of the molecule is Nc1cc(F)ccc1OCC1CSc2ccccc21. The molecule has 1 aliphatic heterocycles. The fraction of sp³-hybridized carbons (Fsp3) is 0.200. The molecule has 0 aromatic heterocycles. The van der Waals surface area contributed by atoms with E-state index in [9.17, 15) is 4.39 Å². The Morgan fingerprint density at radius 3 is 2.95 bits per heavy atom. The number of ether oxygens (including phenoxy) is 1. The van der Waals surface area contributed by atoms with E-state index in [1.165, 1.54) is 22.6 Å². The van der Waals surface area contributed by atoms with Gasteiger partial charge in [0, 0.05) is 22.6 Å². The van der Waals surface area contributed by atoms with Crippen molar-refractivity contribution >= 4 is 17.4 Å². The van der Waals surface area contributed by atoms with Gasteiger partial charge in [0.05, 0.1) is 12.3 Å². The minimum absolute atomic E-state index is 0.341. The molecule has 0 bridgehead atoms. The molecule has 1 atom stereocenters. The van der Waals surface area contributed by atoms with E-state index in [-0.39, 0.29) is 5.82 Å². The summed E-state index contributed by atoms with van der Waals surface area (Å²) in [6, 6.07) is 12.6. The molecule has 0 fully saturated rings. The highest BCUT2D eigenvalue weighted by Crippen LogP contribution is 2.39. The van der Waals surface area contributed by atoms with Gasteiger partial charge < -0.3 is 10.5 Å². The summed E-state index contributed by atoms with van der Waals surface area (Å²) in [4.78, 5) is 1.32. The van der Waals surface area contributed by atoms with Gasteiger partial charge in [0.25, 0.3) is 0 Å². The van der Waals surface area contributed by atoms with Gasteiger partial charge in [-0.15, -0.1) is 11.8 Å². The molecule has 3 rings (SSSR count). The Morgan fingerprint density at radius 1 is 1.26 bits per heavy atom. The molecular formula is C15H14FNOS. The first-order valence-electron chi connectivity index (χ1n) is 6.13. The average molecular weight is 275 g/mol. The third-order valence-electron chi connectivity index (χ3n) is 3.21. The molecule has 2 N–H and O–H groups in total. The zero-order chi connectivity index (χ0) is 13.2. The first-order chi connectivity index (χ1) is 9.24. The highest BCUT2D eigenvalue weighted by Gasteiger charge is 2.23. The molecule has 1 unspecified atom stereocenters. The van der Waals surface area contributed by atoms with Crippen molar-refractivity contribution in [2.24, 2.45) is 0 Å². The fourth-order valence-electron chi connectivity index (χ4n) is 2.21. The summed E-state index contributed by atoms with van der Waals surface area (Å²) in [5.74, 6) is 1.59. The molecule has 0 saturated heterocycles. The second-order valence-electron chi connectivity index (χ2n) is 4.54. The Morgan fingerprint density at radius 2 is 2.11 bits per heavy atom. The smallest absolute Gasteiger partial charge is 0.142 e. The van der Waals surface area contributed by atoms with E-state index in [2.05, 4.69) is 12.1 Å². The maximum Gasteiger partial charge on any atom is 0.142 e. The fourth-order valence-corrected chi connectivity index (χ4v) is 3.44. The summed E-state index contributed by atoms with van der Waals surface area (Å²) in [5, 5.41) is 0. The van der Waals surface area contributed by atoms with Crippen molar-refractivity contribution in [3.05, 3.63) is 53.8 Å². The molecule has 19 heavy (non-hydrogen) atoms. The molecule has 0 aliphatic carbocycles. The third kappa shape index (κ3) is 2.54. The lowest BCUT2D eigenvalue weighted by atomic mass is 10.0. The van der Waals surface area contributed by atoms with Gasteiger partial charge in [-0.2, -0.15) is 0 Å². The first kappa shape index (κ1) is 12.4. The number of halogens is 1. The molecule has 1 aliphatic rings. The Balaban J connectivity index is 1.71. The van der Waals surface area contributed by atoms with Crippen LogP contribution in [0.15, 0.2) is 47.4 Å². The van der Waals surface area contributed by atoms with Crippen LogP contribution in [-0.4, -0.2) is 12.4 Å². The molecule has 0 amide bonds. The molecule has 0 radical (unpaired) electrons. The Labute approximate surface area is 115 Å². The van der Waals surface area contributed by atoms with Crippen LogP contribution < -0.4 is 10.5 Å². The zero-order valence-electron chi connectivity index (χ0n) is 10.3. The Kier molecular flexibility index (Phi) is 3.34. The van der Waals surface area contributed by atoms with Gasteiger partial charge >= 0.3 is 0 Å². The average Bonchev–Trinajstić information content (AvgIpc) is 2.81. The predicted octanol–water partition coefficient (Wildman–Crippen LogP) is 3.68. The van der Waals surface area contributed by atoms with Crippen molar-refractivity contribution in [1.82, 2.24) is 0 Å². The topological polar surface area (TPSA) is 35.2 Å². The number of thioether (sulfide) groups is 1. The van der Waals surface area contributed by atoms with E-state index >= 15 is 0 Å². The molecule has 0 saturated carbocycles. The van der Waals surface area contributed by atoms with Gasteiger partial charge in [-0.1, -0.05) is 18.2 Å². The van der Waals surface area contributed by atoms with Crippen LogP contribution in [0.25, 0.3) is 0 Å². The monoisotopic (exact) mass is 275 g/mol. The second kappa shape index (κ2) is 5.13. The first-order valence-corrected chi connectivity index (χ1v) is 7.12. The van der Waals surface area contributed by atoms with Crippen LogP contribution in [0.5, 0.6) is 5.75 Å². The number of fused-ring (bicyclic) bond motifs is 1. The summed E-state index contributed by atoms with van der Waals surface area (Å²) >= 11 is 1.85. The van der Waals surface area contributed by atoms with E-state index in [1.54, 1.807) is 6.07 Å². The Hall–Kier alpha value is -1.68. The number of hydrogen-bond acceptors (Lipinski definition) is 3. The van der Waals surface area contributed by atoms with Crippen LogP contribution >= 0.6 is 11.8 Å². The molecule has 2 nitrogen and oxygen atoms in total. The van der Waals surface area contributed by atoms with Crippen LogP contribution in [0.1, 0.15) is 11.5 Å². The lowest BCUT2D eigenvalue weighted by Crippen LogP contribution is -2.10. The van der Waals surface area contributed by atoms with Crippen LogP contribution in [0, 0.1) is 5.82 Å². The van der Waals surface area contributed by atoms with E-state index < -0.39 is 0 Å². The highest BCUT2D eigenvalue weighted by molar-refractivity contribution is 7.99. The summed E-state index contributed by atoms with van der Waals surface area (Å²) in [6.45, 7) is 0.569. The van der Waals surface area contributed by atoms with Crippen LogP contribution in [0.4, 0.5) is 10.1 Å². The molecule has 2 aromatic carbocycles. The molecule has 1 heterocycles. The largest absolute Gasteiger partial charge is 0.491 e. The third-order valence-corrected chi connectivity index (χ3v) is 4.46. The van der Waals surface area contributed by atoms with Crippen LogP contribution in [-0.2, 0) is 0 Å². The molecule has 0 spiro atoms. The van der Waals surface area contributed by atoms with Gasteiger partial charge in [0.15, 0.2) is 0 Å². The summed E-state index contributed by atoms with van der Waals surface area (Å²) < 4.78 is 18.7. The lowest BCUT2D eigenvalue weighted by Gasteiger charge is -2.14. The second-order valence-corrected chi connectivity index (χ2v) is 5.60. The van der Waals surface area contributed by atoms with Gasteiger partial charge in [-0.05, 0) is 23.8 Å². The van der Waals surface area contributed by atoms with Crippen LogP contribution in [0.3, 0.4) is 0 Å². The maximum absolute atomic E-state index is 12.9. The van der Waals surface area contributed by atoms with Gasteiger partial charge in [-0.25, -0.2) is 4.39 Å². The number of benzene rings is 2. The lowest BCUT2D eigenvalue weighted by molar-refractivity contribution is 0.299. The number of anilines is 1. The number of nitrogens with two attached hydrogens (primary N) is 1. The highest BCUT2D eigenvalue weighted by atomic mass is 32.2. The standard InChI is InChI=1S/C15H14FNOS/c16-11-5-6-14(13(17)7-11)18-8-10-9-19-15-4-2-1-3-12(10)15/h1-7,10H,8-9,17H2. The molecule has 2 aromatic rings. The van der Waals surface area contributed by atoms with Gasteiger partial charge in [0.2, 0.25) is 0 Å². The predicted molar refractivity (Wildman–Crippen MR) is 76.2 cm³/mol. The number of hydrogen-bond donors (Lipinski definition) is 1. The minimum atomic E-state index is -0.341. The quantitative estimate of drug-likeness (QED) is 0.868. The molecule has 4 heteroatoms. The zero-order valence-corrected chi connectivity index (χ0v) is 11.1. The van der Waals surface area contributed by atoms with Crippen molar-refractivity contribution in [1.29, 1.82) is 0 Å². The van der Waals surface area contributed by atoms with E-state index in [1.807, 2.05) is 23.9 Å². The summed E-state index contributed by atoms with van der Waals surface area (Å²) in [7, 11) is 0. The molecule has 98 valence electrons. The van der Waals surface area contributed by atoms with Gasteiger partial charge in [-0.3, -0.25) is 0 Å². The van der Waals surface area contributed by atoms with Crippen molar-refractivity contribution in [2.45, 2.75) is 10.8 Å². The van der Waals surface area contributed by atoms with E-state index in [0.717, 1.165) is 5.75 Å². The normalized spacial score (nSPS) is 17.2. The van der Waals surface area contributed by atoms with Gasteiger partial charge in [0.1, 0.15) is 11.6 Å². The number of nitrogen functional groups attached to an aromatic ring is 1. The van der Waals surface area contributed by atoms with Crippen LogP contribution in [0.2, 0.25) is 0 Å². The summed E-state index contributed by atoms with van der Waals surface area (Å²) in [6.07, 6.45) is 0. The molecular weight excluding hydrogens is 261 g/mol. The van der Waals surface area contributed by atoms with E-state index in [4.69, 9.17) is 10.5 Å². The Bertz CT molecular complexity index is 602. The number of rotatable bonds is 3. The van der Waals surface area contributed by atoms with Crippen molar-refractivity contribution in [3.63, 3.8) is 0 Å². The van der Waals surface area contributed by atoms with Crippen molar-refractivity contribution < 1.29 is 9.13 Å². The van der Waals surface area contributed by atoms with E-state index in [0.29, 0.717) is 24.0 Å². The maximum atomic E-state index is 12.9. The summed E-state index contributed by atoms with van der Waals surface area (Å²) in [5.41, 5.74) is 7.40. The minimum Gasteiger partial charge on any atom is -0.491 e. The van der Waals surface area contributed by atoms with Crippen molar-refractivity contribution in [3.8, 4) is 5.75 Å².